The Bertz CT molecular complexity index is 1000. The van der Waals surface area contributed by atoms with Crippen LogP contribution in [0.2, 0.25) is 10.0 Å². The number of aryl methyl sites for hydroxylation is 1. The van der Waals surface area contributed by atoms with Crippen molar-refractivity contribution in [1.29, 1.82) is 0 Å². The molecule has 1 aliphatic heterocycles. The fourth-order valence-electron chi connectivity index (χ4n) is 2.65. The van der Waals surface area contributed by atoms with E-state index < -0.39 is 17.8 Å². The number of benzene rings is 2. The zero-order chi connectivity index (χ0) is 19.7. The second-order valence-corrected chi connectivity index (χ2v) is 6.69. The maximum Gasteiger partial charge on any atom is 0.335 e. The zero-order valence-electron chi connectivity index (χ0n) is 14.4. The lowest BCUT2D eigenvalue weighted by Gasteiger charge is -2.27. The minimum absolute atomic E-state index is 0.210. The highest BCUT2D eigenvalue weighted by atomic mass is 35.5. The molecule has 2 aromatic rings. The number of carbonyl (C=O) groups is 3. The molecule has 8 heteroatoms. The van der Waals surface area contributed by atoms with Gasteiger partial charge in [0, 0.05) is 10.0 Å². The van der Waals surface area contributed by atoms with Gasteiger partial charge in [-0.3, -0.25) is 14.9 Å². The highest BCUT2D eigenvalue weighted by Gasteiger charge is 2.37. The lowest BCUT2D eigenvalue weighted by Crippen LogP contribution is -2.54. The fraction of sp³-hybridized carbons (Fsp3) is 0.105. The third-order valence-electron chi connectivity index (χ3n) is 3.95. The lowest BCUT2D eigenvalue weighted by atomic mass is 10.1. The van der Waals surface area contributed by atoms with E-state index in [1.807, 2.05) is 0 Å². The van der Waals surface area contributed by atoms with Crippen LogP contribution in [-0.4, -0.2) is 25.0 Å². The van der Waals surface area contributed by atoms with E-state index in [1.54, 1.807) is 37.3 Å². The Morgan fingerprint density at radius 2 is 1.78 bits per heavy atom. The maximum atomic E-state index is 12.9. The first-order valence-electron chi connectivity index (χ1n) is 7.82. The number of imide groups is 2. The van der Waals surface area contributed by atoms with Crippen LogP contribution in [0.1, 0.15) is 11.1 Å². The van der Waals surface area contributed by atoms with Gasteiger partial charge in [-0.2, -0.15) is 0 Å². The third-order valence-corrected chi connectivity index (χ3v) is 4.41. The Morgan fingerprint density at radius 3 is 2.48 bits per heavy atom. The topological polar surface area (TPSA) is 75.7 Å². The predicted octanol–water partition coefficient (Wildman–Crippen LogP) is 3.98. The Hall–Kier alpha value is -2.83. The summed E-state index contributed by atoms with van der Waals surface area (Å²) in [5, 5.41) is 2.91. The first-order valence-corrected chi connectivity index (χ1v) is 8.58. The molecule has 0 spiro atoms. The largest absolute Gasteiger partial charge is 0.497 e. The maximum absolute atomic E-state index is 12.9. The molecule has 0 aromatic heterocycles. The number of urea groups is 1. The molecule has 0 atom stereocenters. The number of hydrogen-bond acceptors (Lipinski definition) is 4. The van der Waals surface area contributed by atoms with Gasteiger partial charge in [-0.1, -0.05) is 29.3 Å². The molecule has 138 valence electrons. The summed E-state index contributed by atoms with van der Waals surface area (Å²) in [5.74, 6) is -1.08. The van der Waals surface area contributed by atoms with Crippen LogP contribution < -0.4 is 15.0 Å². The molecule has 1 aliphatic rings. The van der Waals surface area contributed by atoms with E-state index in [0.29, 0.717) is 32.6 Å². The first kappa shape index (κ1) is 18.9. The van der Waals surface area contributed by atoms with Gasteiger partial charge in [0.05, 0.1) is 12.8 Å². The minimum atomic E-state index is -0.837. The SMILES string of the molecule is COc1cc(Cl)cc(/C=C2\C(=O)NC(=O)N(c3cc(Cl)ccc3C)C2=O)c1. The van der Waals surface area contributed by atoms with Crippen molar-refractivity contribution >= 4 is 52.8 Å². The number of halogens is 2. The summed E-state index contributed by atoms with van der Waals surface area (Å²) in [7, 11) is 1.48. The molecule has 0 unspecified atom stereocenters. The second kappa shape index (κ2) is 7.42. The number of carbonyl (C=O) groups excluding carboxylic acids is 3. The van der Waals surface area contributed by atoms with E-state index in [2.05, 4.69) is 5.32 Å². The summed E-state index contributed by atoms with van der Waals surface area (Å²) in [5.41, 5.74) is 1.22. The molecule has 1 saturated heterocycles. The standard InChI is InChI=1S/C19H14Cl2N2O4/c1-10-3-4-12(20)9-16(10)23-18(25)15(17(24)22-19(23)26)7-11-5-13(21)8-14(6-11)27-2/h3-9H,1-2H3,(H,22,24,26)/b15-7+. The lowest BCUT2D eigenvalue weighted by molar-refractivity contribution is -0.122. The average Bonchev–Trinajstić information content (AvgIpc) is 2.61. The molecule has 1 fully saturated rings. The molecule has 3 rings (SSSR count). The monoisotopic (exact) mass is 404 g/mol. The molecule has 0 aliphatic carbocycles. The van der Waals surface area contributed by atoms with Gasteiger partial charge in [-0.25, -0.2) is 9.69 Å². The Morgan fingerprint density at radius 1 is 1.04 bits per heavy atom. The fourth-order valence-corrected chi connectivity index (χ4v) is 3.05. The summed E-state index contributed by atoms with van der Waals surface area (Å²) in [6.07, 6.45) is 1.35. The minimum Gasteiger partial charge on any atom is -0.497 e. The molecule has 2 aromatic carbocycles. The first-order chi connectivity index (χ1) is 12.8. The number of amides is 4. The third kappa shape index (κ3) is 3.82. The summed E-state index contributed by atoms with van der Waals surface area (Å²) in [6.45, 7) is 1.73. The molecule has 1 heterocycles. The zero-order valence-corrected chi connectivity index (χ0v) is 15.9. The van der Waals surface area contributed by atoms with Crippen molar-refractivity contribution in [1.82, 2.24) is 5.32 Å². The molecule has 4 amide bonds. The molecule has 1 N–H and O–H groups in total. The van der Waals surface area contributed by atoms with Crippen LogP contribution in [-0.2, 0) is 9.59 Å². The molecule has 0 saturated carbocycles. The molecule has 27 heavy (non-hydrogen) atoms. The van der Waals surface area contributed by atoms with E-state index in [0.717, 1.165) is 4.90 Å². The van der Waals surface area contributed by atoms with Crippen LogP contribution in [0.25, 0.3) is 6.08 Å². The number of rotatable bonds is 3. The Labute approximate surface area is 165 Å². The van der Waals surface area contributed by atoms with Crippen molar-refractivity contribution in [2.24, 2.45) is 0 Å². The van der Waals surface area contributed by atoms with Crippen LogP contribution >= 0.6 is 23.2 Å². The van der Waals surface area contributed by atoms with Gasteiger partial charge in [-0.05, 0) is 54.5 Å². The van der Waals surface area contributed by atoms with Crippen molar-refractivity contribution in [3.63, 3.8) is 0 Å². The second-order valence-electron chi connectivity index (χ2n) is 5.81. The highest BCUT2D eigenvalue weighted by Crippen LogP contribution is 2.29. The van der Waals surface area contributed by atoms with Gasteiger partial charge in [0.2, 0.25) is 0 Å². The van der Waals surface area contributed by atoms with E-state index in [1.165, 1.54) is 19.3 Å². The van der Waals surface area contributed by atoms with Crippen molar-refractivity contribution in [3.8, 4) is 5.75 Å². The molecule has 0 bridgehead atoms. The van der Waals surface area contributed by atoms with Gasteiger partial charge >= 0.3 is 6.03 Å². The van der Waals surface area contributed by atoms with Crippen LogP contribution in [0.15, 0.2) is 42.0 Å². The van der Waals surface area contributed by atoms with Crippen LogP contribution in [0.4, 0.5) is 10.5 Å². The molecular weight excluding hydrogens is 391 g/mol. The van der Waals surface area contributed by atoms with Gasteiger partial charge in [0.15, 0.2) is 0 Å². The van der Waals surface area contributed by atoms with Gasteiger partial charge < -0.3 is 4.74 Å². The number of methoxy groups -OCH3 is 1. The normalized spacial score (nSPS) is 15.9. The van der Waals surface area contributed by atoms with Crippen molar-refractivity contribution in [2.75, 3.05) is 12.0 Å². The van der Waals surface area contributed by atoms with Crippen molar-refractivity contribution < 1.29 is 19.1 Å². The summed E-state index contributed by atoms with van der Waals surface area (Å²) in [4.78, 5) is 38.4. The number of ether oxygens (including phenoxy) is 1. The van der Waals surface area contributed by atoms with Crippen molar-refractivity contribution in [2.45, 2.75) is 6.92 Å². The van der Waals surface area contributed by atoms with Crippen LogP contribution in [0.5, 0.6) is 5.75 Å². The average molecular weight is 405 g/mol. The highest BCUT2D eigenvalue weighted by molar-refractivity contribution is 6.39. The van der Waals surface area contributed by atoms with Crippen LogP contribution in [0.3, 0.4) is 0 Å². The van der Waals surface area contributed by atoms with Crippen molar-refractivity contribution in [3.05, 3.63) is 63.1 Å². The number of barbiturate groups is 1. The number of hydrogen-bond donors (Lipinski definition) is 1. The molecule has 0 radical (unpaired) electrons. The number of anilines is 1. The van der Waals surface area contributed by atoms with E-state index in [4.69, 9.17) is 27.9 Å². The van der Waals surface area contributed by atoms with E-state index in [-0.39, 0.29) is 5.57 Å². The smallest absolute Gasteiger partial charge is 0.335 e. The number of nitrogens with one attached hydrogen (secondary N) is 1. The molecular formula is C19H14Cl2N2O4. The van der Waals surface area contributed by atoms with Crippen LogP contribution in [0, 0.1) is 6.92 Å². The van der Waals surface area contributed by atoms with E-state index in [9.17, 15) is 14.4 Å². The number of nitrogens with zero attached hydrogens (tertiary/aromatic N) is 1. The van der Waals surface area contributed by atoms with E-state index >= 15 is 0 Å². The predicted molar refractivity (Wildman–Crippen MR) is 103 cm³/mol. The summed E-state index contributed by atoms with van der Waals surface area (Å²) < 4.78 is 5.14. The molecule has 6 nitrogen and oxygen atoms in total. The van der Waals surface area contributed by atoms with Gasteiger partial charge in [0.1, 0.15) is 11.3 Å². The summed E-state index contributed by atoms with van der Waals surface area (Å²) in [6, 6.07) is 8.76. The quantitative estimate of drug-likeness (QED) is 0.619. The summed E-state index contributed by atoms with van der Waals surface area (Å²) >= 11 is 12.0. The van der Waals surface area contributed by atoms with Gasteiger partial charge in [0.25, 0.3) is 11.8 Å². The Kier molecular flexibility index (Phi) is 5.21. The van der Waals surface area contributed by atoms with Gasteiger partial charge in [-0.15, -0.1) is 0 Å². The Balaban J connectivity index is 2.08.